The standard InChI is InChI=1S/C14H16N2O3/c1-8-9(2)19-12(15-8)7-16-13(17)10-5-3-4-6-11(10)14(16)18/h3-4,10-11H,5-7H2,1-2H3/t10-,11-/m1/s1. The van der Waals surface area contributed by atoms with Gasteiger partial charge in [0.1, 0.15) is 12.3 Å². The molecule has 1 aromatic rings. The Hall–Kier alpha value is -1.91. The van der Waals surface area contributed by atoms with E-state index in [2.05, 4.69) is 4.98 Å². The molecule has 5 heteroatoms. The fourth-order valence-corrected chi connectivity index (χ4v) is 2.77. The molecule has 2 aliphatic rings. The average molecular weight is 260 g/mol. The van der Waals surface area contributed by atoms with E-state index in [-0.39, 0.29) is 30.2 Å². The van der Waals surface area contributed by atoms with Crippen molar-refractivity contribution >= 4 is 11.8 Å². The molecule has 0 unspecified atom stereocenters. The van der Waals surface area contributed by atoms with E-state index in [0.717, 1.165) is 11.5 Å². The van der Waals surface area contributed by atoms with Crippen LogP contribution in [0.4, 0.5) is 0 Å². The van der Waals surface area contributed by atoms with Crippen LogP contribution in [0.3, 0.4) is 0 Å². The third-order valence-electron chi connectivity index (χ3n) is 3.97. The molecule has 0 aromatic carbocycles. The zero-order chi connectivity index (χ0) is 13.6. The maximum absolute atomic E-state index is 12.2. The van der Waals surface area contributed by atoms with Crippen LogP contribution >= 0.6 is 0 Å². The molecule has 1 aliphatic heterocycles. The lowest BCUT2D eigenvalue weighted by Crippen LogP contribution is -2.30. The molecule has 1 saturated heterocycles. The van der Waals surface area contributed by atoms with Gasteiger partial charge in [-0.1, -0.05) is 12.2 Å². The zero-order valence-corrected chi connectivity index (χ0v) is 11.0. The Kier molecular flexibility index (Phi) is 2.77. The molecule has 2 heterocycles. The van der Waals surface area contributed by atoms with Gasteiger partial charge in [-0.2, -0.15) is 0 Å². The Morgan fingerprint density at radius 1 is 1.21 bits per heavy atom. The molecule has 19 heavy (non-hydrogen) atoms. The molecule has 1 aliphatic carbocycles. The normalized spacial score (nSPS) is 26.1. The van der Waals surface area contributed by atoms with Crippen LogP contribution in [0, 0.1) is 25.7 Å². The molecule has 3 rings (SSSR count). The first-order valence-electron chi connectivity index (χ1n) is 6.51. The molecule has 0 saturated carbocycles. The molecule has 100 valence electrons. The number of nitrogens with zero attached hydrogens (tertiary/aromatic N) is 2. The van der Waals surface area contributed by atoms with Gasteiger partial charge >= 0.3 is 0 Å². The summed E-state index contributed by atoms with van der Waals surface area (Å²) in [6.07, 6.45) is 5.29. The van der Waals surface area contributed by atoms with E-state index in [1.807, 2.05) is 26.0 Å². The molecular formula is C14H16N2O3. The third kappa shape index (κ3) is 1.89. The van der Waals surface area contributed by atoms with E-state index in [0.29, 0.717) is 18.7 Å². The molecule has 5 nitrogen and oxygen atoms in total. The number of hydrogen-bond acceptors (Lipinski definition) is 4. The van der Waals surface area contributed by atoms with Gasteiger partial charge < -0.3 is 4.42 Å². The van der Waals surface area contributed by atoms with E-state index < -0.39 is 0 Å². The Morgan fingerprint density at radius 3 is 2.26 bits per heavy atom. The molecule has 1 aromatic heterocycles. The Balaban J connectivity index is 1.82. The highest BCUT2D eigenvalue weighted by Gasteiger charge is 2.47. The monoisotopic (exact) mass is 260 g/mol. The van der Waals surface area contributed by atoms with Crippen LogP contribution in [-0.2, 0) is 16.1 Å². The van der Waals surface area contributed by atoms with Crippen molar-refractivity contribution in [3.8, 4) is 0 Å². The first-order valence-corrected chi connectivity index (χ1v) is 6.51. The van der Waals surface area contributed by atoms with Crippen molar-refractivity contribution in [1.29, 1.82) is 0 Å². The molecular weight excluding hydrogens is 244 g/mol. The van der Waals surface area contributed by atoms with Crippen LogP contribution in [0.1, 0.15) is 30.2 Å². The minimum absolute atomic E-state index is 0.0899. The topological polar surface area (TPSA) is 63.4 Å². The van der Waals surface area contributed by atoms with Crippen molar-refractivity contribution in [2.45, 2.75) is 33.2 Å². The number of carbonyl (C=O) groups is 2. The van der Waals surface area contributed by atoms with E-state index in [1.165, 1.54) is 4.90 Å². The summed E-state index contributed by atoms with van der Waals surface area (Å²) in [4.78, 5) is 30.0. The van der Waals surface area contributed by atoms with Crippen molar-refractivity contribution in [1.82, 2.24) is 9.88 Å². The van der Waals surface area contributed by atoms with Gasteiger partial charge in [0.2, 0.25) is 17.7 Å². The Bertz CT molecular complexity index is 528. The maximum atomic E-state index is 12.2. The molecule has 0 radical (unpaired) electrons. The second-order valence-corrected chi connectivity index (χ2v) is 5.17. The molecule has 2 atom stereocenters. The highest BCUT2D eigenvalue weighted by Crippen LogP contribution is 2.35. The van der Waals surface area contributed by atoms with Crippen molar-refractivity contribution < 1.29 is 14.0 Å². The summed E-state index contributed by atoms with van der Waals surface area (Å²) < 4.78 is 5.45. The van der Waals surface area contributed by atoms with Crippen molar-refractivity contribution in [3.63, 3.8) is 0 Å². The number of aryl methyl sites for hydroxylation is 2. The van der Waals surface area contributed by atoms with E-state index in [9.17, 15) is 9.59 Å². The number of rotatable bonds is 2. The van der Waals surface area contributed by atoms with Gasteiger partial charge in [0.25, 0.3) is 0 Å². The fourth-order valence-electron chi connectivity index (χ4n) is 2.77. The van der Waals surface area contributed by atoms with Crippen molar-refractivity contribution in [2.24, 2.45) is 11.8 Å². The summed E-state index contributed by atoms with van der Waals surface area (Å²) >= 11 is 0. The number of amides is 2. The van der Waals surface area contributed by atoms with Gasteiger partial charge in [0.15, 0.2) is 0 Å². The quantitative estimate of drug-likeness (QED) is 0.600. The molecule has 0 N–H and O–H groups in total. The third-order valence-corrected chi connectivity index (χ3v) is 3.97. The Labute approximate surface area is 111 Å². The second-order valence-electron chi connectivity index (χ2n) is 5.17. The molecule has 2 amide bonds. The lowest BCUT2D eigenvalue weighted by atomic mass is 9.85. The minimum Gasteiger partial charge on any atom is -0.444 e. The summed E-state index contributed by atoms with van der Waals surface area (Å²) in [5.74, 6) is 0.613. The molecule has 1 fully saturated rings. The van der Waals surface area contributed by atoms with Crippen molar-refractivity contribution in [2.75, 3.05) is 0 Å². The van der Waals surface area contributed by atoms with E-state index >= 15 is 0 Å². The summed E-state index contributed by atoms with van der Waals surface area (Å²) in [5.41, 5.74) is 0.799. The fraction of sp³-hybridized carbons (Fsp3) is 0.500. The van der Waals surface area contributed by atoms with Crippen LogP contribution in [0.2, 0.25) is 0 Å². The van der Waals surface area contributed by atoms with Gasteiger partial charge in [0, 0.05) is 0 Å². The second kappa shape index (κ2) is 4.33. The van der Waals surface area contributed by atoms with E-state index in [4.69, 9.17) is 4.42 Å². The first kappa shape index (κ1) is 12.1. The predicted molar refractivity (Wildman–Crippen MR) is 66.9 cm³/mol. The van der Waals surface area contributed by atoms with Gasteiger partial charge in [-0.25, -0.2) is 4.98 Å². The Morgan fingerprint density at radius 2 is 1.79 bits per heavy atom. The zero-order valence-electron chi connectivity index (χ0n) is 11.0. The largest absolute Gasteiger partial charge is 0.444 e. The predicted octanol–water partition coefficient (Wildman–Crippen LogP) is 1.74. The van der Waals surface area contributed by atoms with Gasteiger partial charge in [0.05, 0.1) is 17.5 Å². The lowest BCUT2D eigenvalue weighted by Gasteiger charge is -2.14. The van der Waals surface area contributed by atoms with E-state index in [1.54, 1.807) is 0 Å². The maximum Gasteiger partial charge on any atom is 0.233 e. The molecule has 0 spiro atoms. The number of oxazole rings is 1. The molecule has 0 bridgehead atoms. The summed E-state index contributed by atoms with van der Waals surface area (Å²) in [6.45, 7) is 3.82. The lowest BCUT2D eigenvalue weighted by molar-refractivity contribution is -0.141. The number of fused-ring (bicyclic) bond motifs is 1. The number of allylic oxidation sites excluding steroid dienone is 2. The van der Waals surface area contributed by atoms with Gasteiger partial charge in [-0.15, -0.1) is 0 Å². The smallest absolute Gasteiger partial charge is 0.233 e. The van der Waals surface area contributed by atoms with Crippen molar-refractivity contribution in [3.05, 3.63) is 29.5 Å². The number of carbonyl (C=O) groups excluding carboxylic acids is 2. The summed E-state index contributed by atoms with van der Waals surface area (Å²) in [7, 11) is 0. The number of aromatic nitrogens is 1. The van der Waals surface area contributed by atoms with Crippen LogP contribution < -0.4 is 0 Å². The van der Waals surface area contributed by atoms with Crippen LogP contribution in [0.25, 0.3) is 0 Å². The average Bonchev–Trinajstić information content (AvgIpc) is 2.84. The number of likely N-dealkylation sites (tertiary alicyclic amines) is 1. The minimum atomic E-state index is -0.186. The number of hydrogen-bond donors (Lipinski definition) is 0. The SMILES string of the molecule is Cc1nc(CN2C(=O)[C@@H]3CC=CC[C@H]3C2=O)oc1C. The van der Waals surface area contributed by atoms with Crippen LogP contribution in [-0.4, -0.2) is 21.7 Å². The highest BCUT2D eigenvalue weighted by molar-refractivity contribution is 6.05. The summed E-state index contributed by atoms with van der Waals surface area (Å²) in [5, 5.41) is 0. The van der Waals surface area contributed by atoms with Gasteiger partial charge in [-0.3, -0.25) is 14.5 Å². The first-order chi connectivity index (χ1) is 9.08. The summed E-state index contributed by atoms with van der Waals surface area (Å²) in [6, 6.07) is 0. The highest BCUT2D eigenvalue weighted by atomic mass is 16.4. The van der Waals surface area contributed by atoms with Crippen LogP contribution in [0.15, 0.2) is 16.6 Å². The number of imide groups is 1. The van der Waals surface area contributed by atoms with Crippen LogP contribution in [0.5, 0.6) is 0 Å². The van der Waals surface area contributed by atoms with Gasteiger partial charge in [-0.05, 0) is 26.7 Å².